The Morgan fingerprint density at radius 2 is 2.05 bits per heavy atom. The molecule has 1 aliphatic heterocycles. The van der Waals surface area contributed by atoms with E-state index in [1.54, 1.807) is 0 Å². The van der Waals surface area contributed by atoms with Gasteiger partial charge in [-0.05, 0) is 43.1 Å². The first-order valence-corrected chi connectivity index (χ1v) is 8.40. The second-order valence-electron chi connectivity index (χ2n) is 5.93. The molecule has 0 aromatic heterocycles. The fraction of sp³-hybridized carbons (Fsp3) is 0.500. The Morgan fingerprint density at radius 3 is 2.68 bits per heavy atom. The standard InChI is InChI=1S/C16H22ClN3OS/c1-11(2)10-14(21)19-16(22)18-13-7-5-6-12(17)15(13)20-8-3-4-9-20/h5-7,11H,3-4,8-10H2,1-2H3,(H2,18,19,21,22). The Hall–Kier alpha value is -1.33. The molecule has 0 atom stereocenters. The quantitative estimate of drug-likeness (QED) is 0.819. The number of nitrogens with one attached hydrogen (secondary N) is 2. The van der Waals surface area contributed by atoms with Crippen molar-refractivity contribution >= 4 is 46.2 Å². The van der Waals surface area contributed by atoms with Crippen molar-refractivity contribution in [1.29, 1.82) is 0 Å². The van der Waals surface area contributed by atoms with Crippen molar-refractivity contribution in [3.8, 4) is 0 Å². The van der Waals surface area contributed by atoms with Crippen molar-refractivity contribution in [2.45, 2.75) is 33.1 Å². The Morgan fingerprint density at radius 1 is 1.36 bits per heavy atom. The number of hydrogen-bond acceptors (Lipinski definition) is 3. The van der Waals surface area contributed by atoms with Crippen molar-refractivity contribution in [3.63, 3.8) is 0 Å². The number of amides is 1. The molecule has 0 aliphatic carbocycles. The van der Waals surface area contributed by atoms with Gasteiger partial charge in [0.25, 0.3) is 0 Å². The highest BCUT2D eigenvalue weighted by Crippen LogP contribution is 2.35. The molecule has 0 bridgehead atoms. The van der Waals surface area contributed by atoms with Crippen LogP contribution in [0.4, 0.5) is 11.4 Å². The average Bonchev–Trinajstić information content (AvgIpc) is 2.91. The zero-order valence-electron chi connectivity index (χ0n) is 13.0. The van der Waals surface area contributed by atoms with Gasteiger partial charge in [-0.25, -0.2) is 0 Å². The van der Waals surface area contributed by atoms with E-state index < -0.39 is 0 Å². The summed E-state index contributed by atoms with van der Waals surface area (Å²) >= 11 is 11.6. The van der Waals surface area contributed by atoms with Gasteiger partial charge < -0.3 is 15.5 Å². The van der Waals surface area contributed by atoms with Gasteiger partial charge in [-0.2, -0.15) is 0 Å². The summed E-state index contributed by atoms with van der Waals surface area (Å²) in [5.41, 5.74) is 1.80. The zero-order chi connectivity index (χ0) is 16.1. The van der Waals surface area contributed by atoms with Crippen molar-refractivity contribution in [2.75, 3.05) is 23.3 Å². The van der Waals surface area contributed by atoms with Gasteiger partial charge in [-0.1, -0.05) is 31.5 Å². The Balaban J connectivity index is 2.07. The Bertz CT molecular complexity index is 556. The van der Waals surface area contributed by atoms with Crippen LogP contribution in [-0.4, -0.2) is 24.1 Å². The molecule has 0 unspecified atom stereocenters. The number of halogens is 1. The van der Waals surface area contributed by atoms with E-state index in [4.69, 9.17) is 23.8 Å². The summed E-state index contributed by atoms with van der Waals surface area (Å²) in [6.45, 7) is 5.98. The summed E-state index contributed by atoms with van der Waals surface area (Å²) in [7, 11) is 0. The number of hydrogen-bond donors (Lipinski definition) is 2. The molecule has 4 nitrogen and oxygen atoms in total. The maximum absolute atomic E-state index is 11.8. The fourth-order valence-electron chi connectivity index (χ4n) is 2.58. The molecule has 22 heavy (non-hydrogen) atoms. The number of anilines is 2. The van der Waals surface area contributed by atoms with Gasteiger partial charge in [0.2, 0.25) is 5.91 Å². The van der Waals surface area contributed by atoms with Crippen LogP contribution in [0.2, 0.25) is 5.02 Å². The third-order valence-corrected chi connectivity index (χ3v) is 4.01. The van der Waals surface area contributed by atoms with Crippen LogP contribution in [0.3, 0.4) is 0 Å². The van der Waals surface area contributed by atoms with Gasteiger partial charge in [0.15, 0.2) is 5.11 Å². The summed E-state index contributed by atoms with van der Waals surface area (Å²) in [5.74, 6) is 0.228. The molecule has 0 saturated carbocycles. The zero-order valence-corrected chi connectivity index (χ0v) is 14.6. The molecule has 0 spiro atoms. The Kier molecular flexibility index (Phi) is 6.03. The monoisotopic (exact) mass is 339 g/mol. The second kappa shape index (κ2) is 7.79. The molecule has 2 rings (SSSR count). The Labute approximate surface area is 142 Å². The van der Waals surface area contributed by atoms with Crippen LogP contribution in [-0.2, 0) is 4.79 Å². The van der Waals surface area contributed by atoms with E-state index >= 15 is 0 Å². The molecule has 1 amide bonds. The molecule has 1 aliphatic rings. The van der Waals surface area contributed by atoms with Crippen LogP contribution < -0.4 is 15.5 Å². The van der Waals surface area contributed by atoms with Crippen LogP contribution in [0.5, 0.6) is 0 Å². The number of nitrogens with zero attached hydrogens (tertiary/aromatic N) is 1. The molecule has 6 heteroatoms. The largest absolute Gasteiger partial charge is 0.369 e. The van der Waals surface area contributed by atoms with Crippen molar-refractivity contribution in [3.05, 3.63) is 23.2 Å². The van der Waals surface area contributed by atoms with Gasteiger partial charge in [0, 0.05) is 19.5 Å². The molecular formula is C16H22ClN3OS. The second-order valence-corrected chi connectivity index (χ2v) is 6.75. The highest BCUT2D eigenvalue weighted by Gasteiger charge is 2.19. The van der Waals surface area contributed by atoms with Crippen molar-refractivity contribution in [2.24, 2.45) is 5.92 Å². The summed E-state index contributed by atoms with van der Waals surface area (Å²) in [6.07, 6.45) is 2.79. The van der Waals surface area contributed by atoms with Gasteiger partial charge in [0.1, 0.15) is 0 Å². The van der Waals surface area contributed by atoms with Crippen LogP contribution >= 0.6 is 23.8 Å². The van der Waals surface area contributed by atoms with Gasteiger partial charge in [-0.3, -0.25) is 4.79 Å². The van der Waals surface area contributed by atoms with Crippen LogP contribution in [0.1, 0.15) is 33.1 Å². The summed E-state index contributed by atoms with van der Waals surface area (Å²) < 4.78 is 0. The number of carbonyl (C=O) groups is 1. The van der Waals surface area contributed by atoms with E-state index in [0.29, 0.717) is 22.5 Å². The molecule has 0 radical (unpaired) electrons. The minimum absolute atomic E-state index is 0.0720. The molecule has 1 saturated heterocycles. The molecule has 1 fully saturated rings. The predicted octanol–water partition coefficient (Wildman–Crippen LogP) is 3.80. The lowest BCUT2D eigenvalue weighted by Gasteiger charge is -2.23. The third-order valence-electron chi connectivity index (χ3n) is 3.50. The number of rotatable bonds is 4. The first-order chi connectivity index (χ1) is 10.5. The number of thiocarbonyl (C=S) groups is 1. The van der Waals surface area contributed by atoms with E-state index in [9.17, 15) is 4.79 Å². The molecule has 1 heterocycles. The van der Waals surface area contributed by atoms with Gasteiger partial charge in [-0.15, -0.1) is 0 Å². The predicted molar refractivity (Wildman–Crippen MR) is 96.7 cm³/mol. The highest BCUT2D eigenvalue weighted by atomic mass is 35.5. The molecule has 1 aromatic rings. The number of para-hydroxylation sites is 1. The lowest BCUT2D eigenvalue weighted by Crippen LogP contribution is -2.35. The minimum Gasteiger partial charge on any atom is -0.369 e. The molecule has 120 valence electrons. The first-order valence-electron chi connectivity index (χ1n) is 7.61. The summed E-state index contributed by atoms with van der Waals surface area (Å²) in [4.78, 5) is 14.0. The summed E-state index contributed by atoms with van der Waals surface area (Å²) in [6, 6.07) is 5.68. The smallest absolute Gasteiger partial charge is 0.226 e. The lowest BCUT2D eigenvalue weighted by molar-refractivity contribution is -0.120. The topological polar surface area (TPSA) is 44.4 Å². The SMILES string of the molecule is CC(C)CC(=O)NC(=S)Nc1cccc(Cl)c1N1CCCC1. The van der Waals surface area contributed by atoms with Gasteiger partial charge >= 0.3 is 0 Å². The summed E-state index contributed by atoms with van der Waals surface area (Å²) in [5, 5.41) is 6.83. The van der Waals surface area contributed by atoms with Gasteiger partial charge in [0.05, 0.1) is 16.4 Å². The normalized spacial score (nSPS) is 14.3. The van der Waals surface area contributed by atoms with Crippen LogP contribution in [0, 0.1) is 5.92 Å². The van der Waals surface area contributed by atoms with Crippen molar-refractivity contribution in [1.82, 2.24) is 5.32 Å². The first kappa shape index (κ1) is 17.0. The lowest BCUT2D eigenvalue weighted by atomic mass is 10.1. The highest BCUT2D eigenvalue weighted by molar-refractivity contribution is 7.80. The molecular weight excluding hydrogens is 318 g/mol. The number of carbonyl (C=O) groups excluding carboxylic acids is 1. The van der Waals surface area contributed by atoms with Crippen LogP contribution in [0.15, 0.2) is 18.2 Å². The van der Waals surface area contributed by atoms with Crippen molar-refractivity contribution < 1.29 is 4.79 Å². The van der Waals surface area contributed by atoms with E-state index in [2.05, 4.69) is 15.5 Å². The minimum atomic E-state index is -0.0720. The van der Waals surface area contributed by atoms with Crippen LogP contribution in [0.25, 0.3) is 0 Å². The fourth-order valence-corrected chi connectivity index (χ4v) is 3.10. The number of benzene rings is 1. The van der Waals surface area contributed by atoms with E-state index in [0.717, 1.165) is 24.5 Å². The third kappa shape index (κ3) is 4.58. The average molecular weight is 340 g/mol. The van der Waals surface area contributed by atoms with E-state index in [1.165, 1.54) is 12.8 Å². The van der Waals surface area contributed by atoms with E-state index in [1.807, 2.05) is 32.0 Å². The molecule has 1 aromatic carbocycles. The maximum Gasteiger partial charge on any atom is 0.226 e. The molecule has 2 N–H and O–H groups in total. The van der Waals surface area contributed by atoms with E-state index in [-0.39, 0.29) is 5.91 Å². The maximum atomic E-state index is 11.8.